The molecule has 24 heavy (non-hydrogen) atoms. The van der Waals surface area contributed by atoms with Crippen molar-refractivity contribution in [2.75, 3.05) is 5.32 Å². The van der Waals surface area contributed by atoms with Gasteiger partial charge < -0.3 is 5.32 Å². The molecule has 1 aliphatic carbocycles. The van der Waals surface area contributed by atoms with Crippen molar-refractivity contribution in [1.82, 2.24) is 0 Å². The molecule has 1 atom stereocenters. The molecule has 0 spiro atoms. The molecule has 0 saturated heterocycles. The summed E-state index contributed by atoms with van der Waals surface area (Å²) in [6.07, 6.45) is 2.00. The number of rotatable bonds is 5. The summed E-state index contributed by atoms with van der Waals surface area (Å²) < 4.78 is 13.2. The van der Waals surface area contributed by atoms with Crippen LogP contribution in [-0.4, -0.2) is 11.7 Å². The van der Waals surface area contributed by atoms with Crippen LogP contribution in [0.25, 0.3) is 0 Å². The topological polar surface area (TPSA) is 46.2 Å². The first-order valence-corrected chi connectivity index (χ1v) is 8.13. The van der Waals surface area contributed by atoms with E-state index in [4.69, 9.17) is 0 Å². The molecule has 3 nitrogen and oxygen atoms in total. The Labute approximate surface area is 140 Å². The Morgan fingerprint density at radius 1 is 1.12 bits per heavy atom. The number of anilines is 1. The second kappa shape index (κ2) is 6.56. The summed E-state index contributed by atoms with van der Waals surface area (Å²) in [5.74, 6) is -0.438. The van der Waals surface area contributed by atoms with E-state index >= 15 is 0 Å². The first-order valence-electron chi connectivity index (χ1n) is 8.13. The van der Waals surface area contributed by atoms with E-state index in [0.717, 1.165) is 24.0 Å². The molecule has 1 saturated carbocycles. The summed E-state index contributed by atoms with van der Waals surface area (Å²) in [7, 11) is 0. The van der Waals surface area contributed by atoms with Crippen LogP contribution in [0.1, 0.15) is 47.2 Å². The molecule has 0 heterocycles. The SMILES string of the molecule is CC(=O)c1ccc(C)c(NC(=O)C(c2ccc(F)cc2)C2CC2)c1. The minimum Gasteiger partial charge on any atom is -0.325 e. The fourth-order valence-electron chi connectivity index (χ4n) is 2.92. The Bertz CT molecular complexity index is 779. The maximum atomic E-state index is 13.2. The van der Waals surface area contributed by atoms with Gasteiger partial charge in [0.25, 0.3) is 0 Å². The standard InChI is InChI=1S/C20H20FNO2/c1-12-3-4-16(13(2)23)11-18(12)22-20(24)19(14-5-6-14)15-7-9-17(21)10-8-15/h3-4,7-11,14,19H,5-6H2,1-2H3,(H,22,24). The van der Waals surface area contributed by atoms with Crippen LogP contribution in [0.4, 0.5) is 10.1 Å². The van der Waals surface area contributed by atoms with Gasteiger partial charge >= 0.3 is 0 Å². The van der Waals surface area contributed by atoms with E-state index in [0.29, 0.717) is 17.2 Å². The van der Waals surface area contributed by atoms with Gasteiger partial charge in [-0.15, -0.1) is 0 Å². The zero-order chi connectivity index (χ0) is 17.3. The zero-order valence-electron chi connectivity index (χ0n) is 13.8. The van der Waals surface area contributed by atoms with E-state index in [1.54, 1.807) is 24.3 Å². The van der Waals surface area contributed by atoms with Crippen LogP contribution in [0.15, 0.2) is 42.5 Å². The lowest BCUT2D eigenvalue weighted by Crippen LogP contribution is -2.23. The van der Waals surface area contributed by atoms with E-state index in [1.165, 1.54) is 19.1 Å². The maximum absolute atomic E-state index is 13.2. The normalized spacial score (nSPS) is 15.0. The second-order valence-corrected chi connectivity index (χ2v) is 6.44. The summed E-state index contributed by atoms with van der Waals surface area (Å²) in [5.41, 5.74) is 2.96. The van der Waals surface area contributed by atoms with Gasteiger partial charge in [0.05, 0.1) is 5.92 Å². The molecule has 0 aliphatic heterocycles. The number of ketones is 1. The minimum atomic E-state index is -0.307. The molecular weight excluding hydrogens is 305 g/mol. The Morgan fingerprint density at radius 3 is 2.38 bits per heavy atom. The molecule has 2 aromatic carbocycles. The second-order valence-electron chi connectivity index (χ2n) is 6.44. The van der Waals surface area contributed by atoms with Crippen LogP contribution < -0.4 is 5.32 Å². The van der Waals surface area contributed by atoms with Crippen molar-refractivity contribution < 1.29 is 14.0 Å². The van der Waals surface area contributed by atoms with Crippen molar-refractivity contribution in [3.8, 4) is 0 Å². The van der Waals surface area contributed by atoms with Crippen LogP contribution in [0.2, 0.25) is 0 Å². The number of benzene rings is 2. The van der Waals surface area contributed by atoms with Gasteiger partial charge in [-0.2, -0.15) is 0 Å². The summed E-state index contributed by atoms with van der Waals surface area (Å²) in [5, 5.41) is 2.96. The Kier molecular flexibility index (Phi) is 4.47. The van der Waals surface area contributed by atoms with Gasteiger partial charge in [-0.25, -0.2) is 4.39 Å². The van der Waals surface area contributed by atoms with Crippen LogP contribution in [0.3, 0.4) is 0 Å². The van der Waals surface area contributed by atoms with E-state index in [1.807, 2.05) is 13.0 Å². The predicted octanol–water partition coefficient (Wildman–Crippen LogP) is 4.47. The molecule has 1 unspecified atom stereocenters. The number of hydrogen-bond donors (Lipinski definition) is 1. The minimum absolute atomic E-state index is 0.0391. The maximum Gasteiger partial charge on any atom is 0.232 e. The molecule has 0 bridgehead atoms. The number of nitrogens with one attached hydrogen (secondary N) is 1. The van der Waals surface area contributed by atoms with Crippen molar-refractivity contribution >= 4 is 17.4 Å². The molecule has 0 aromatic heterocycles. The van der Waals surface area contributed by atoms with E-state index in [2.05, 4.69) is 5.32 Å². The van der Waals surface area contributed by atoms with Gasteiger partial charge in [0.15, 0.2) is 5.78 Å². The number of Topliss-reactive ketones (excluding diaryl/α,β-unsaturated/α-hetero) is 1. The lowest BCUT2D eigenvalue weighted by atomic mass is 9.93. The fourth-order valence-corrected chi connectivity index (χ4v) is 2.92. The smallest absolute Gasteiger partial charge is 0.232 e. The Hall–Kier alpha value is -2.49. The third-order valence-electron chi connectivity index (χ3n) is 4.51. The predicted molar refractivity (Wildman–Crippen MR) is 91.7 cm³/mol. The van der Waals surface area contributed by atoms with E-state index < -0.39 is 0 Å². The third kappa shape index (κ3) is 3.53. The fraction of sp³-hybridized carbons (Fsp3) is 0.300. The highest BCUT2D eigenvalue weighted by Gasteiger charge is 2.37. The van der Waals surface area contributed by atoms with Gasteiger partial charge in [0.1, 0.15) is 5.82 Å². The molecule has 1 amide bonds. The van der Waals surface area contributed by atoms with Gasteiger partial charge in [-0.05, 0) is 61.9 Å². The number of hydrogen-bond acceptors (Lipinski definition) is 2. The van der Waals surface area contributed by atoms with E-state index in [-0.39, 0.29) is 23.4 Å². The van der Waals surface area contributed by atoms with Crippen LogP contribution in [-0.2, 0) is 4.79 Å². The van der Waals surface area contributed by atoms with Crippen LogP contribution in [0, 0.1) is 18.7 Å². The van der Waals surface area contributed by atoms with Crippen LogP contribution in [0.5, 0.6) is 0 Å². The molecule has 124 valence electrons. The molecule has 1 fully saturated rings. The monoisotopic (exact) mass is 325 g/mol. The number of carbonyl (C=O) groups is 2. The molecule has 0 radical (unpaired) electrons. The number of carbonyl (C=O) groups excluding carboxylic acids is 2. The quantitative estimate of drug-likeness (QED) is 0.825. The number of halogens is 1. The largest absolute Gasteiger partial charge is 0.325 e. The highest BCUT2D eigenvalue weighted by atomic mass is 19.1. The van der Waals surface area contributed by atoms with Gasteiger partial charge in [0, 0.05) is 11.3 Å². The van der Waals surface area contributed by atoms with E-state index in [9.17, 15) is 14.0 Å². The lowest BCUT2D eigenvalue weighted by Gasteiger charge is -2.18. The third-order valence-corrected chi connectivity index (χ3v) is 4.51. The van der Waals surface area contributed by atoms with Crippen molar-refractivity contribution in [2.24, 2.45) is 5.92 Å². The summed E-state index contributed by atoms with van der Waals surface area (Å²) in [6, 6.07) is 11.4. The number of aryl methyl sites for hydroxylation is 1. The van der Waals surface area contributed by atoms with Gasteiger partial charge in [-0.3, -0.25) is 9.59 Å². The van der Waals surface area contributed by atoms with Crippen molar-refractivity contribution in [1.29, 1.82) is 0 Å². The first kappa shape index (κ1) is 16.4. The molecule has 1 aliphatic rings. The molecule has 4 heteroatoms. The highest BCUT2D eigenvalue weighted by molar-refractivity contribution is 5.99. The summed E-state index contributed by atoms with van der Waals surface area (Å²) in [6.45, 7) is 3.39. The number of amides is 1. The molecular formula is C20H20FNO2. The Balaban J connectivity index is 1.85. The van der Waals surface area contributed by atoms with Gasteiger partial charge in [-0.1, -0.05) is 24.3 Å². The molecule has 2 aromatic rings. The van der Waals surface area contributed by atoms with Crippen molar-refractivity contribution in [3.05, 3.63) is 65.0 Å². The first-order chi connectivity index (χ1) is 11.5. The molecule has 1 N–H and O–H groups in total. The zero-order valence-corrected chi connectivity index (χ0v) is 13.8. The lowest BCUT2D eigenvalue weighted by molar-refractivity contribution is -0.118. The van der Waals surface area contributed by atoms with Crippen molar-refractivity contribution in [2.45, 2.75) is 32.6 Å². The van der Waals surface area contributed by atoms with Gasteiger partial charge in [0.2, 0.25) is 5.91 Å². The molecule has 3 rings (SSSR count). The average Bonchev–Trinajstić information content (AvgIpc) is 3.36. The van der Waals surface area contributed by atoms with Crippen LogP contribution >= 0.6 is 0 Å². The highest BCUT2D eigenvalue weighted by Crippen LogP contribution is 2.43. The Morgan fingerprint density at radius 2 is 1.79 bits per heavy atom. The summed E-state index contributed by atoms with van der Waals surface area (Å²) in [4.78, 5) is 24.4. The van der Waals surface area contributed by atoms with Crippen molar-refractivity contribution in [3.63, 3.8) is 0 Å². The average molecular weight is 325 g/mol. The summed E-state index contributed by atoms with van der Waals surface area (Å²) >= 11 is 0.